The van der Waals surface area contributed by atoms with Gasteiger partial charge in [-0.2, -0.15) is 0 Å². The molecule has 0 bridgehead atoms. The monoisotopic (exact) mass is 373 g/mol. The number of amides is 1. The molecule has 26 heavy (non-hydrogen) atoms. The predicted octanol–water partition coefficient (Wildman–Crippen LogP) is 2.48. The van der Waals surface area contributed by atoms with Gasteiger partial charge in [-0.3, -0.25) is 4.79 Å². The van der Waals surface area contributed by atoms with Crippen LogP contribution >= 0.6 is 11.6 Å². The molecule has 6 nitrogen and oxygen atoms in total. The lowest BCUT2D eigenvalue weighted by molar-refractivity contribution is 0.0658. The average Bonchev–Trinajstić information content (AvgIpc) is 2.61. The molecule has 0 radical (unpaired) electrons. The number of aromatic nitrogens is 2. The number of rotatable bonds is 5. The number of hydrogen-bond acceptors (Lipinski definition) is 5. The van der Waals surface area contributed by atoms with Crippen molar-refractivity contribution in [2.45, 2.75) is 13.3 Å². The van der Waals surface area contributed by atoms with Gasteiger partial charge in [-0.15, -0.1) is 0 Å². The third-order valence-corrected chi connectivity index (χ3v) is 4.68. The fourth-order valence-electron chi connectivity index (χ4n) is 2.94. The minimum atomic E-state index is -0.0264. The number of carbonyl (C=O) groups excluding carboxylic acids is 1. The van der Waals surface area contributed by atoms with E-state index in [0.29, 0.717) is 18.2 Å². The molecule has 138 valence electrons. The van der Waals surface area contributed by atoms with Crippen LogP contribution in [0.2, 0.25) is 5.02 Å². The highest BCUT2D eigenvalue weighted by Gasteiger charge is 2.22. The maximum Gasteiger partial charge on any atom is 0.272 e. The Balaban J connectivity index is 1.62. The highest BCUT2D eigenvalue weighted by Crippen LogP contribution is 2.12. The fraction of sp³-hybridized carbons (Fsp3) is 0.421. The lowest BCUT2D eigenvalue weighted by Gasteiger charge is -2.32. The first-order valence-corrected chi connectivity index (χ1v) is 9.21. The van der Waals surface area contributed by atoms with E-state index in [2.05, 4.69) is 27.2 Å². The number of nitrogens with zero attached hydrogens (tertiary/aromatic N) is 4. The minimum Gasteiger partial charge on any atom is -0.354 e. The van der Waals surface area contributed by atoms with Crippen LogP contribution in [0.25, 0.3) is 0 Å². The Morgan fingerprint density at radius 1 is 1.19 bits per heavy atom. The van der Waals surface area contributed by atoms with Gasteiger partial charge in [0, 0.05) is 43.4 Å². The highest BCUT2D eigenvalue weighted by molar-refractivity contribution is 6.30. The van der Waals surface area contributed by atoms with E-state index >= 15 is 0 Å². The normalized spacial score (nSPS) is 15.1. The van der Waals surface area contributed by atoms with Crippen LogP contribution in [0.1, 0.15) is 21.7 Å². The molecule has 0 unspecified atom stereocenters. The van der Waals surface area contributed by atoms with Gasteiger partial charge < -0.3 is 15.1 Å². The molecular formula is C19H24ClN5O. The summed E-state index contributed by atoms with van der Waals surface area (Å²) in [6, 6.07) is 9.53. The lowest BCUT2D eigenvalue weighted by atomic mass is 10.1. The second-order valence-corrected chi connectivity index (χ2v) is 7.06. The van der Waals surface area contributed by atoms with Crippen LogP contribution < -0.4 is 5.32 Å². The summed E-state index contributed by atoms with van der Waals surface area (Å²) in [7, 11) is 2.07. The van der Waals surface area contributed by atoms with E-state index in [1.54, 1.807) is 6.07 Å². The maximum absolute atomic E-state index is 12.7. The zero-order chi connectivity index (χ0) is 18.5. The molecule has 0 saturated carbocycles. The van der Waals surface area contributed by atoms with Gasteiger partial charge in [0.1, 0.15) is 5.69 Å². The Hall–Kier alpha value is -2.18. The Bertz CT molecular complexity index is 774. The van der Waals surface area contributed by atoms with E-state index in [1.807, 2.05) is 36.1 Å². The van der Waals surface area contributed by atoms with Gasteiger partial charge >= 0.3 is 0 Å². The first-order valence-electron chi connectivity index (χ1n) is 8.83. The van der Waals surface area contributed by atoms with E-state index in [4.69, 9.17) is 11.6 Å². The summed E-state index contributed by atoms with van der Waals surface area (Å²) in [5.41, 5.74) is 2.38. The van der Waals surface area contributed by atoms with Crippen LogP contribution in [0.3, 0.4) is 0 Å². The van der Waals surface area contributed by atoms with Crippen LogP contribution in [-0.4, -0.2) is 65.4 Å². The largest absolute Gasteiger partial charge is 0.354 e. The lowest BCUT2D eigenvalue weighted by Crippen LogP contribution is -2.47. The first kappa shape index (κ1) is 18.6. The predicted molar refractivity (Wildman–Crippen MR) is 104 cm³/mol. The van der Waals surface area contributed by atoms with Crippen LogP contribution in [0, 0.1) is 6.92 Å². The van der Waals surface area contributed by atoms with Crippen molar-refractivity contribution in [1.82, 2.24) is 19.8 Å². The van der Waals surface area contributed by atoms with Gasteiger partial charge in [0.25, 0.3) is 5.91 Å². The smallest absolute Gasteiger partial charge is 0.272 e. The fourth-order valence-corrected chi connectivity index (χ4v) is 3.15. The van der Waals surface area contributed by atoms with Crippen molar-refractivity contribution in [1.29, 1.82) is 0 Å². The molecule has 2 heterocycles. The van der Waals surface area contributed by atoms with Crippen molar-refractivity contribution in [2.75, 3.05) is 45.1 Å². The van der Waals surface area contributed by atoms with Crippen molar-refractivity contribution in [3.8, 4) is 0 Å². The zero-order valence-electron chi connectivity index (χ0n) is 15.2. The van der Waals surface area contributed by atoms with Gasteiger partial charge in [-0.05, 0) is 44.2 Å². The van der Waals surface area contributed by atoms with E-state index in [0.717, 1.165) is 48.9 Å². The molecule has 1 saturated heterocycles. The number of likely N-dealkylation sites (N-methyl/N-ethyl adjacent to an activating group) is 1. The summed E-state index contributed by atoms with van der Waals surface area (Å²) in [6.07, 6.45) is 0.805. The molecule has 0 atom stereocenters. The van der Waals surface area contributed by atoms with Crippen LogP contribution in [0.4, 0.5) is 5.95 Å². The number of carbonyl (C=O) groups is 1. The number of anilines is 1. The SMILES string of the molecule is Cc1cc(C(=O)N2CCN(C)CC2)nc(NCCc2cccc(Cl)c2)n1. The molecule has 7 heteroatoms. The van der Waals surface area contributed by atoms with Crippen molar-refractivity contribution in [3.63, 3.8) is 0 Å². The highest BCUT2D eigenvalue weighted by atomic mass is 35.5. The van der Waals surface area contributed by atoms with Gasteiger partial charge in [0.15, 0.2) is 0 Å². The molecule has 0 spiro atoms. The average molecular weight is 374 g/mol. The maximum atomic E-state index is 12.7. The summed E-state index contributed by atoms with van der Waals surface area (Å²) >= 11 is 6.01. The molecule has 1 aliphatic rings. The first-order chi connectivity index (χ1) is 12.5. The summed E-state index contributed by atoms with van der Waals surface area (Å²) in [6.45, 7) is 5.80. The Kier molecular flexibility index (Phi) is 6.06. The van der Waals surface area contributed by atoms with Crippen LogP contribution in [-0.2, 0) is 6.42 Å². The minimum absolute atomic E-state index is 0.0264. The quantitative estimate of drug-likeness (QED) is 0.872. The number of benzene rings is 1. The molecule has 3 rings (SSSR count). The topological polar surface area (TPSA) is 61.4 Å². The summed E-state index contributed by atoms with van der Waals surface area (Å²) < 4.78 is 0. The summed E-state index contributed by atoms with van der Waals surface area (Å²) in [5, 5.41) is 3.95. The number of aryl methyl sites for hydroxylation is 1. The van der Waals surface area contributed by atoms with Gasteiger partial charge in [0.05, 0.1) is 0 Å². The van der Waals surface area contributed by atoms with E-state index in [1.165, 1.54) is 0 Å². The molecule has 1 N–H and O–H groups in total. The second-order valence-electron chi connectivity index (χ2n) is 6.62. The third-order valence-electron chi connectivity index (χ3n) is 4.45. The Morgan fingerprint density at radius 3 is 2.69 bits per heavy atom. The summed E-state index contributed by atoms with van der Waals surface area (Å²) in [5.74, 6) is 0.464. The van der Waals surface area contributed by atoms with Crippen molar-refractivity contribution in [3.05, 3.63) is 52.3 Å². The van der Waals surface area contributed by atoms with Gasteiger partial charge in [-0.25, -0.2) is 9.97 Å². The molecule has 1 aromatic carbocycles. The van der Waals surface area contributed by atoms with Crippen LogP contribution in [0.15, 0.2) is 30.3 Å². The van der Waals surface area contributed by atoms with Crippen molar-refractivity contribution in [2.24, 2.45) is 0 Å². The molecule has 1 fully saturated rings. The van der Waals surface area contributed by atoms with Gasteiger partial charge in [0.2, 0.25) is 5.95 Å². The summed E-state index contributed by atoms with van der Waals surface area (Å²) in [4.78, 5) is 25.6. The Morgan fingerprint density at radius 2 is 1.96 bits per heavy atom. The molecule has 1 amide bonds. The standard InChI is InChI=1S/C19H24ClN5O/c1-14-12-17(18(26)25-10-8-24(2)9-11-25)23-19(22-14)21-7-6-15-4-3-5-16(20)13-15/h3-5,12-13H,6-11H2,1-2H3,(H,21,22,23). The number of nitrogens with one attached hydrogen (secondary N) is 1. The van der Waals surface area contributed by atoms with E-state index in [9.17, 15) is 4.79 Å². The Labute approximate surface area is 159 Å². The molecule has 1 aromatic heterocycles. The third kappa shape index (κ3) is 4.93. The zero-order valence-corrected chi connectivity index (χ0v) is 16.0. The number of piperazine rings is 1. The van der Waals surface area contributed by atoms with Crippen molar-refractivity contribution >= 4 is 23.5 Å². The number of halogens is 1. The molecule has 2 aromatic rings. The van der Waals surface area contributed by atoms with E-state index in [-0.39, 0.29) is 5.91 Å². The molecule has 0 aliphatic carbocycles. The van der Waals surface area contributed by atoms with Crippen molar-refractivity contribution < 1.29 is 4.79 Å². The van der Waals surface area contributed by atoms with Gasteiger partial charge in [-0.1, -0.05) is 23.7 Å². The number of hydrogen-bond donors (Lipinski definition) is 1. The molecular weight excluding hydrogens is 350 g/mol. The second kappa shape index (κ2) is 8.47. The molecule has 1 aliphatic heterocycles. The van der Waals surface area contributed by atoms with Crippen LogP contribution in [0.5, 0.6) is 0 Å². The van der Waals surface area contributed by atoms with E-state index < -0.39 is 0 Å².